The van der Waals surface area contributed by atoms with Crippen LogP contribution in [-0.2, 0) is 0 Å². The van der Waals surface area contributed by atoms with Crippen LogP contribution in [0.15, 0.2) is 24.3 Å². The van der Waals surface area contributed by atoms with Crippen molar-refractivity contribution in [3.8, 4) is 6.07 Å². The SMILES string of the molecule is CC/C=C/C/C=C/C(C)(C)C#N. The van der Waals surface area contributed by atoms with Gasteiger partial charge in [0.25, 0.3) is 0 Å². The molecule has 0 aliphatic heterocycles. The van der Waals surface area contributed by atoms with Crippen LogP contribution < -0.4 is 0 Å². The molecule has 0 saturated heterocycles. The topological polar surface area (TPSA) is 23.8 Å². The van der Waals surface area contributed by atoms with Gasteiger partial charge in [0, 0.05) is 0 Å². The monoisotopic (exact) mass is 163 g/mol. The Hall–Kier alpha value is -1.03. The summed E-state index contributed by atoms with van der Waals surface area (Å²) in [5, 5.41) is 8.68. The molecule has 0 aromatic carbocycles. The highest BCUT2D eigenvalue weighted by molar-refractivity contribution is 5.08. The van der Waals surface area contributed by atoms with Gasteiger partial charge in [-0.3, -0.25) is 0 Å². The lowest BCUT2D eigenvalue weighted by Gasteiger charge is -2.06. The van der Waals surface area contributed by atoms with Crippen molar-refractivity contribution in [2.24, 2.45) is 5.41 Å². The van der Waals surface area contributed by atoms with E-state index < -0.39 is 0 Å². The Morgan fingerprint density at radius 2 is 1.92 bits per heavy atom. The Morgan fingerprint density at radius 1 is 1.25 bits per heavy atom. The Morgan fingerprint density at radius 3 is 2.42 bits per heavy atom. The van der Waals surface area contributed by atoms with Gasteiger partial charge in [-0.2, -0.15) is 5.26 Å². The summed E-state index contributed by atoms with van der Waals surface area (Å²) < 4.78 is 0. The van der Waals surface area contributed by atoms with Crippen molar-refractivity contribution in [1.82, 2.24) is 0 Å². The van der Waals surface area contributed by atoms with Crippen LogP contribution in [0, 0.1) is 16.7 Å². The molecule has 0 saturated carbocycles. The molecule has 0 rings (SSSR count). The fourth-order valence-electron chi connectivity index (χ4n) is 0.741. The third kappa shape index (κ3) is 5.73. The van der Waals surface area contributed by atoms with E-state index in [-0.39, 0.29) is 5.41 Å². The first-order valence-corrected chi connectivity index (χ1v) is 4.36. The van der Waals surface area contributed by atoms with E-state index in [1.54, 1.807) is 0 Å². The fraction of sp³-hybridized carbons (Fsp3) is 0.545. The van der Waals surface area contributed by atoms with E-state index in [2.05, 4.69) is 25.1 Å². The van der Waals surface area contributed by atoms with E-state index in [0.717, 1.165) is 12.8 Å². The Bertz CT molecular complexity index is 204. The maximum Gasteiger partial charge on any atom is 0.0725 e. The van der Waals surface area contributed by atoms with E-state index in [0.29, 0.717) is 0 Å². The lowest BCUT2D eigenvalue weighted by molar-refractivity contribution is 0.642. The highest BCUT2D eigenvalue weighted by atomic mass is 14.3. The zero-order valence-electron chi connectivity index (χ0n) is 8.17. The third-order valence-electron chi connectivity index (χ3n) is 1.50. The minimum Gasteiger partial charge on any atom is -0.197 e. The van der Waals surface area contributed by atoms with Crippen molar-refractivity contribution < 1.29 is 0 Å². The van der Waals surface area contributed by atoms with Crippen molar-refractivity contribution in [1.29, 1.82) is 5.26 Å². The van der Waals surface area contributed by atoms with Gasteiger partial charge in [-0.25, -0.2) is 0 Å². The van der Waals surface area contributed by atoms with Crippen molar-refractivity contribution in [2.45, 2.75) is 33.6 Å². The first kappa shape index (κ1) is 11.0. The molecule has 0 bridgehead atoms. The molecule has 0 amide bonds. The lowest BCUT2D eigenvalue weighted by atomic mass is 9.95. The molecule has 0 radical (unpaired) electrons. The normalized spacial score (nSPS) is 12.5. The smallest absolute Gasteiger partial charge is 0.0725 e. The van der Waals surface area contributed by atoms with E-state index >= 15 is 0 Å². The van der Waals surface area contributed by atoms with Crippen LogP contribution in [0.25, 0.3) is 0 Å². The molecule has 0 spiro atoms. The number of hydrogen-bond donors (Lipinski definition) is 0. The molecule has 0 heterocycles. The minimum atomic E-state index is -0.319. The second-order valence-corrected chi connectivity index (χ2v) is 3.35. The summed E-state index contributed by atoms with van der Waals surface area (Å²) in [6.45, 7) is 5.93. The predicted molar refractivity (Wildman–Crippen MR) is 52.6 cm³/mol. The van der Waals surface area contributed by atoms with Gasteiger partial charge in [-0.15, -0.1) is 0 Å². The van der Waals surface area contributed by atoms with Crippen molar-refractivity contribution >= 4 is 0 Å². The van der Waals surface area contributed by atoms with Gasteiger partial charge in [0.1, 0.15) is 0 Å². The Labute approximate surface area is 75.4 Å². The number of nitrogens with zero attached hydrogens (tertiary/aromatic N) is 1. The second kappa shape index (κ2) is 5.60. The average molecular weight is 163 g/mol. The molecule has 0 aliphatic carbocycles. The number of rotatable bonds is 4. The third-order valence-corrected chi connectivity index (χ3v) is 1.50. The van der Waals surface area contributed by atoms with Gasteiger partial charge in [-0.05, 0) is 26.7 Å². The highest BCUT2D eigenvalue weighted by Crippen LogP contribution is 2.14. The number of hydrogen-bond acceptors (Lipinski definition) is 1. The molecule has 66 valence electrons. The zero-order chi connectivity index (χ0) is 9.45. The predicted octanol–water partition coefficient (Wildman–Crippen LogP) is 3.45. The average Bonchev–Trinajstić information content (AvgIpc) is 2.04. The summed E-state index contributed by atoms with van der Waals surface area (Å²) >= 11 is 0. The summed E-state index contributed by atoms with van der Waals surface area (Å²) in [6.07, 6.45) is 10.2. The van der Waals surface area contributed by atoms with Crippen LogP contribution in [0.4, 0.5) is 0 Å². The van der Waals surface area contributed by atoms with Crippen LogP contribution in [0.3, 0.4) is 0 Å². The number of nitriles is 1. The summed E-state index contributed by atoms with van der Waals surface area (Å²) in [7, 11) is 0. The van der Waals surface area contributed by atoms with Crippen molar-refractivity contribution in [2.75, 3.05) is 0 Å². The Kier molecular flexibility index (Phi) is 5.12. The van der Waals surface area contributed by atoms with Crippen LogP contribution in [0.2, 0.25) is 0 Å². The first-order valence-electron chi connectivity index (χ1n) is 4.36. The summed E-state index contributed by atoms with van der Waals surface area (Å²) in [5.41, 5.74) is -0.319. The molecular formula is C11H17N. The molecule has 0 N–H and O–H groups in total. The summed E-state index contributed by atoms with van der Waals surface area (Å²) in [5.74, 6) is 0. The van der Waals surface area contributed by atoms with Crippen LogP contribution in [0.5, 0.6) is 0 Å². The zero-order valence-corrected chi connectivity index (χ0v) is 8.17. The van der Waals surface area contributed by atoms with Crippen LogP contribution >= 0.6 is 0 Å². The van der Waals surface area contributed by atoms with E-state index in [9.17, 15) is 0 Å². The lowest BCUT2D eigenvalue weighted by Crippen LogP contribution is -2.01. The second-order valence-electron chi connectivity index (χ2n) is 3.35. The molecule has 0 atom stereocenters. The van der Waals surface area contributed by atoms with Crippen LogP contribution in [0.1, 0.15) is 33.6 Å². The van der Waals surface area contributed by atoms with Crippen molar-refractivity contribution in [3.05, 3.63) is 24.3 Å². The van der Waals surface area contributed by atoms with E-state index in [4.69, 9.17) is 5.26 Å². The molecule has 12 heavy (non-hydrogen) atoms. The van der Waals surface area contributed by atoms with Gasteiger partial charge in [-0.1, -0.05) is 31.2 Å². The first-order chi connectivity index (χ1) is 5.62. The van der Waals surface area contributed by atoms with Crippen LogP contribution in [-0.4, -0.2) is 0 Å². The standard InChI is InChI=1S/C11H17N/c1-4-5-6-7-8-9-11(2,3)10-12/h5-6,8-9H,4,7H2,1-3H3/b6-5+,9-8+. The van der Waals surface area contributed by atoms with E-state index in [1.165, 1.54) is 0 Å². The quantitative estimate of drug-likeness (QED) is 0.582. The van der Waals surface area contributed by atoms with Gasteiger partial charge >= 0.3 is 0 Å². The molecule has 0 aromatic rings. The summed E-state index contributed by atoms with van der Waals surface area (Å²) in [4.78, 5) is 0. The molecule has 1 heteroatoms. The molecule has 0 fully saturated rings. The Balaban J connectivity index is 3.78. The number of allylic oxidation sites excluding steroid dienone is 4. The molecule has 0 aromatic heterocycles. The molecule has 0 aliphatic rings. The molecule has 1 nitrogen and oxygen atoms in total. The van der Waals surface area contributed by atoms with E-state index in [1.807, 2.05) is 26.0 Å². The largest absolute Gasteiger partial charge is 0.197 e. The van der Waals surface area contributed by atoms with Gasteiger partial charge in [0.05, 0.1) is 11.5 Å². The minimum absolute atomic E-state index is 0.319. The van der Waals surface area contributed by atoms with Gasteiger partial charge in [0.2, 0.25) is 0 Å². The fourth-order valence-corrected chi connectivity index (χ4v) is 0.741. The van der Waals surface area contributed by atoms with Crippen molar-refractivity contribution in [3.63, 3.8) is 0 Å². The molecular weight excluding hydrogens is 146 g/mol. The highest BCUT2D eigenvalue weighted by Gasteiger charge is 2.09. The maximum atomic E-state index is 8.68. The molecule has 0 unspecified atom stereocenters. The maximum absolute atomic E-state index is 8.68. The van der Waals surface area contributed by atoms with Gasteiger partial charge < -0.3 is 0 Å². The van der Waals surface area contributed by atoms with Gasteiger partial charge in [0.15, 0.2) is 0 Å². The summed E-state index contributed by atoms with van der Waals surface area (Å²) in [6, 6.07) is 2.22.